The highest BCUT2D eigenvalue weighted by molar-refractivity contribution is 5.92. The Morgan fingerprint density at radius 2 is 2.14 bits per heavy atom. The molecule has 5 nitrogen and oxygen atoms in total. The lowest BCUT2D eigenvalue weighted by Crippen LogP contribution is -2.29. The summed E-state index contributed by atoms with van der Waals surface area (Å²) in [5, 5.41) is 12.1. The number of nitrogens with zero attached hydrogens (tertiary/aromatic N) is 1. The lowest BCUT2D eigenvalue weighted by Gasteiger charge is -2.16. The number of nitrogens with one attached hydrogen (secondary N) is 2. The predicted molar refractivity (Wildman–Crippen MR) is 81.2 cm³/mol. The largest absolute Gasteiger partial charge is 0.396 e. The van der Waals surface area contributed by atoms with Gasteiger partial charge in [0.05, 0.1) is 6.20 Å². The van der Waals surface area contributed by atoms with Gasteiger partial charge in [0, 0.05) is 25.5 Å². The fourth-order valence-corrected chi connectivity index (χ4v) is 2.24. The van der Waals surface area contributed by atoms with Crippen molar-refractivity contribution in [2.45, 2.75) is 25.7 Å². The molecule has 1 amide bonds. The van der Waals surface area contributed by atoms with Crippen molar-refractivity contribution < 1.29 is 9.90 Å². The number of aromatic nitrogens is 2. The van der Waals surface area contributed by atoms with Crippen LogP contribution in [0.2, 0.25) is 0 Å². The maximum atomic E-state index is 12.1. The number of hydrogen-bond acceptors (Lipinski definition) is 3. The van der Waals surface area contributed by atoms with Crippen LogP contribution < -0.4 is 5.32 Å². The summed E-state index contributed by atoms with van der Waals surface area (Å²) in [6.07, 6.45) is 2.94. The minimum absolute atomic E-state index is 0.0967. The minimum Gasteiger partial charge on any atom is -0.396 e. The van der Waals surface area contributed by atoms with E-state index in [0.29, 0.717) is 18.7 Å². The van der Waals surface area contributed by atoms with Gasteiger partial charge >= 0.3 is 0 Å². The summed E-state index contributed by atoms with van der Waals surface area (Å²) in [4.78, 5) is 19.2. The van der Waals surface area contributed by atoms with Crippen LogP contribution >= 0.6 is 0 Å². The van der Waals surface area contributed by atoms with Gasteiger partial charge in [-0.2, -0.15) is 0 Å². The Balaban J connectivity index is 1.97. The van der Waals surface area contributed by atoms with Gasteiger partial charge in [0.2, 0.25) is 0 Å². The summed E-state index contributed by atoms with van der Waals surface area (Å²) in [6, 6.07) is 9.90. The molecule has 1 unspecified atom stereocenters. The van der Waals surface area contributed by atoms with Gasteiger partial charge in [0.25, 0.3) is 5.91 Å². The molecule has 3 N–H and O–H groups in total. The first-order chi connectivity index (χ1) is 10.2. The highest BCUT2D eigenvalue weighted by Gasteiger charge is 2.14. The van der Waals surface area contributed by atoms with Crippen molar-refractivity contribution >= 4 is 5.91 Å². The topological polar surface area (TPSA) is 78.0 Å². The second-order valence-electron chi connectivity index (χ2n) is 4.93. The molecule has 1 heterocycles. The molecule has 0 bridgehead atoms. The summed E-state index contributed by atoms with van der Waals surface area (Å²) in [5.41, 5.74) is 1.59. The minimum atomic E-state index is -0.166. The van der Waals surface area contributed by atoms with Gasteiger partial charge in [-0.05, 0) is 12.0 Å². The number of carbonyl (C=O) groups excluding carboxylic acids is 1. The van der Waals surface area contributed by atoms with Crippen molar-refractivity contribution in [3.8, 4) is 0 Å². The van der Waals surface area contributed by atoms with E-state index in [1.807, 2.05) is 37.3 Å². The molecule has 21 heavy (non-hydrogen) atoms. The maximum Gasteiger partial charge on any atom is 0.269 e. The third-order valence-electron chi connectivity index (χ3n) is 3.47. The molecular weight excluding hydrogens is 266 g/mol. The van der Waals surface area contributed by atoms with Crippen LogP contribution in [0.3, 0.4) is 0 Å². The normalized spacial score (nSPS) is 12.1. The Morgan fingerprint density at radius 1 is 1.38 bits per heavy atom. The molecule has 1 atom stereocenters. The van der Waals surface area contributed by atoms with E-state index < -0.39 is 0 Å². The number of H-pyrrole nitrogens is 1. The average molecular weight is 287 g/mol. The van der Waals surface area contributed by atoms with E-state index in [9.17, 15) is 9.90 Å². The fourth-order valence-electron chi connectivity index (χ4n) is 2.24. The molecular formula is C16H21N3O2. The number of aryl methyl sites for hydroxylation is 1. The smallest absolute Gasteiger partial charge is 0.269 e. The number of benzene rings is 1. The van der Waals surface area contributed by atoms with Gasteiger partial charge in [-0.1, -0.05) is 37.3 Å². The Hall–Kier alpha value is -2.14. The zero-order valence-corrected chi connectivity index (χ0v) is 12.2. The number of rotatable bonds is 7. The van der Waals surface area contributed by atoms with Gasteiger partial charge in [-0.15, -0.1) is 0 Å². The summed E-state index contributed by atoms with van der Waals surface area (Å²) in [7, 11) is 0. The highest BCUT2D eigenvalue weighted by atomic mass is 16.3. The van der Waals surface area contributed by atoms with Gasteiger partial charge in [-0.3, -0.25) is 4.79 Å². The van der Waals surface area contributed by atoms with Crippen LogP contribution in [0.25, 0.3) is 0 Å². The molecule has 2 rings (SSSR count). The van der Waals surface area contributed by atoms with Crippen molar-refractivity contribution in [2.24, 2.45) is 0 Å². The second-order valence-corrected chi connectivity index (χ2v) is 4.93. The van der Waals surface area contributed by atoms with Crippen molar-refractivity contribution in [1.29, 1.82) is 0 Å². The first-order valence-electron chi connectivity index (χ1n) is 7.22. The van der Waals surface area contributed by atoms with Gasteiger partial charge in [-0.25, -0.2) is 4.98 Å². The number of hydrogen-bond donors (Lipinski definition) is 3. The van der Waals surface area contributed by atoms with Crippen molar-refractivity contribution in [2.75, 3.05) is 13.2 Å². The summed E-state index contributed by atoms with van der Waals surface area (Å²) < 4.78 is 0. The molecule has 2 aromatic rings. The van der Waals surface area contributed by atoms with E-state index in [4.69, 9.17) is 0 Å². The number of aliphatic hydroxyl groups excluding tert-OH is 1. The fraction of sp³-hybridized carbons (Fsp3) is 0.375. The molecule has 0 saturated carbocycles. The number of carbonyl (C=O) groups is 1. The van der Waals surface area contributed by atoms with Gasteiger partial charge < -0.3 is 15.4 Å². The monoisotopic (exact) mass is 287 g/mol. The quantitative estimate of drug-likeness (QED) is 0.727. The van der Waals surface area contributed by atoms with Crippen LogP contribution in [0.4, 0.5) is 0 Å². The summed E-state index contributed by atoms with van der Waals surface area (Å²) in [6.45, 7) is 2.57. The first kappa shape index (κ1) is 15.3. The van der Waals surface area contributed by atoms with E-state index in [-0.39, 0.29) is 18.4 Å². The van der Waals surface area contributed by atoms with Crippen LogP contribution in [0.1, 0.15) is 41.1 Å². The number of aliphatic hydroxyl groups is 1. The predicted octanol–water partition coefficient (Wildman–Crippen LogP) is 1.87. The molecule has 0 aliphatic rings. The lowest BCUT2D eigenvalue weighted by molar-refractivity contribution is 0.0944. The highest BCUT2D eigenvalue weighted by Crippen LogP contribution is 2.18. The Bertz CT molecular complexity index is 566. The molecule has 112 valence electrons. The molecule has 0 aliphatic carbocycles. The van der Waals surface area contributed by atoms with E-state index in [0.717, 1.165) is 17.8 Å². The molecule has 0 saturated heterocycles. The van der Waals surface area contributed by atoms with Crippen molar-refractivity contribution in [1.82, 2.24) is 15.3 Å². The van der Waals surface area contributed by atoms with E-state index in [1.165, 1.54) is 0 Å². The number of amides is 1. The van der Waals surface area contributed by atoms with Crippen molar-refractivity contribution in [3.05, 3.63) is 53.6 Å². The number of aromatic amines is 1. The van der Waals surface area contributed by atoms with E-state index in [1.54, 1.807) is 6.20 Å². The SMILES string of the molecule is CCc1ncc(C(=O)NCC(CCO)c2ccccc2)[nH]1. The molecule has 0 spiro atoms. The first-order valence-corrected chi connectivity index (χ1v) is 7.22. The lowest BCUT2D eigenvalue weighted by atomic mass is 9.96. The van der Waals surface area contributed by atoms with Gasteiger partial charge in [0.1, 0.15) is 11.5 Å². The number of imidazole rings is 1. The van der Waals surface area contributed by atoms with Crippen LogP contribution in [0.15, 0.2) is 36.5 Å². The van der Waals surface area contributed by atoms with Gasteiger partial charge in [0.15, 0.2) is 0 Å². The molecule has 5 heteroatoms. The third kappa shape index (κ3) is 4.16. The molecule has 0 fully saturated rings. The van der Waals surface area contributed by atoms with Crippen molar-refractivity contribution in [3.63, 3.8) is 0 Å². The Labute approximate surface area is 124 Å². The molecule has 0 radical (unpaired) electrons. The summed E-state index contributed by atoms with van der Waals surface area (Å²) in [5.74, 6) is 0.741. The maximum absolute atomic E-state index is 12.1. The van der Waals surface area contributed by atoms with Crippen LogP contribution in [-0.2, 0) is 6.42 Å². The van der Waals surface area contributed by atoms with Crippen LogP contribution in [0.5, 0.6) is 0 Å². The zero-order valence-electron chi connectivity index (χ0n) is 12.2. The third-order valence-corrected chi connectivity index (χ3v) is 3.47. The Kier molecular flexibility index (Phi) is 5.51. The van der Waals surface area contributed by atoms with E-state index >= 15 is 0 Å². The van der Waals surface area contributed by atoms with E-state index in [2.05, 4.69) is 15.3 Å². The molecule has 1 aromatic heterocycles. The second kappa shape index (κ2) is 7.59. The Morgan fingerprint density at radius 3 is 2.76 bits per heavy atom. The summed E-state index contributed by atoms with van der Waals surface area (Å²) >= 11 is 0. The van der Waals surface area contributed by atoms with Crippen LogP contribution in [0, 0.1) is 0 Å². The molecule has 0 aliphatic heterocycles. The zero-order chi connectivity index (χ0) is 15.1. The van der Waals surface area contributed by atoms with Crippen LogP contribution in [-0.4, -0.2) is 34.1 Å². The average Bonchev–Trinajstić information content (AvgIpc) is 3.01. The molecule has 1 aromatic carbocycles. The standard InChI is InChI=1S/C16H21N3O2/c1-2-15-17-11-14(19-15)16(21)18-10-13(8-9-20)12-6-4-3-5-7-12/h3-7,11,13,20H,2,8-10H2,1H3,(H,17,19)(H,18,21).